The first-order chi connectivity index (χ1) is 1.41. The summed E-state index contributed by atoms with van der Waals surface area (Å²) < 4.78 is 0. The van der Waals surface area contributed by atoms with Gasteiger partial charge in [0, 0.05) is 0 Å². The minimum atomic E-state index is -0.472. The summed E-state index contributed by atoms with van der Waals surface area (Å²) in [6, 6.07) is 0. The molecule has 0 nitrogen and oxygen atoms in total. The quantitative estimate of drug-likeness (QED) is 0.388. The third kappa shape index (κ3) is 17.7. The van der Waals surface area contributed by atoms with Gasteiger partial charge in [0.2, 0.25) is 0 Å². The van der Waals surface area contributed by atoms with Crippen molar-refractivity contribution in [2.75, 3.05) is 0 Å². The molecule has 0 bridgehead atoms. The molecule has 0 rings (SSSR count). The van der Waals surface area contributed by atoms with Crippen LogP contribution in [0.1, 0.15) is 0 Å². The average molecular weight is 344 g/mol. The first-order valence-electron chi connectivity index (χ1n) is 0.239. The van der Waals surface area contributed by atoms with Crippen LogP contribution in [0.15, 0.2) is 0 Å². The molecule has 0 N–H and O–H groups in total. The summed E-state index contributed by atoms with van der Waals surface area (Å²) in [4.78, 5) is 0. The minimum absolute atomic E-state index is 0. The van der Waals surface area contributed by atoms with Crippen LogP contribution < -0.4 is 103 Å². The van der Waals surface area contributed by atoms with Crippen molar-refractivity contribution in [2.24, 2.45) is 0 Å². The third-order valence-corrected chi connectivity index (χ3v) is 0. The van der Waals surface area contributed by atoms with Crippen LogP contribution in [-0.2, 0) is 16.5 Å². The zero-order valence-corrected chi connectivity index (χ0v) is 13.1. The maximum Gasteiger partial charge on any atom is 1.00 e. The molecule has 0 spiro atoms. The summed E-state index contributed by atoms with van der Waals surface area (Å²) in [6.45, 7) is 0. The van der Waals surface area contributed by atoms with Gasteiger partial charge in [-0.25, -0.2) is 0 Å². The molecule has 0 atom stereocenters. The Hall–Kier alpha value is 4.54. The van der Waals surface area contributed by atoms with Gasteiger partial charge in [-0.05, 0) is 0 Å². The largest absolute Gasteiger partial charge is 1.00 e. The van der Waals surface area contributed by atoms with Gasteiger partial charge in [0.05, 0.1) is 0 Å². The molecule has 0 aromatic rings. The smallest absolute Gasteiger partial charge is 1.00 e. The zero-order valence-electron chi connectivity index (χ0n) is 3.07. The second-order valence-electron chi connectivity index (χ2n) is 0.0452. The van der Waals surface area contributed by atoms with Crippen LogP contribution in [0.25, 0.3) is 0 Å². The van der Waals surface area contributed by atoms with Gasteiger partial charge < -0.3 is 0 Å². The summed E-state index contributed by atoms with van der Waals surface area (Å²) >= 11 is -0.472. The van der Waals surface area contributed by atoms with Crippen molar-refractivity contribution in [3.05, 3.63) is 0 Å². The molecule has 5 heteroatoms. The SMILES string of the molecule is [Cl][Pt-2][Cl].[K+].[K+]. The molecule has 0 heterocycles. The Morgan fingerprint density at radius 3 is 1.00 bits per heavy atom. The standard InChI is InChI=1S/2ClH.2K.Pt/h2*1H;;;/q;;2*+1;/p-2. The Balaban J connectivity index is -0.0000000200. The molecule has 0 aliphatic rings. The Bertz CT molecular complexity index is 7.61. The van der Waals surface area contributed by atoms with Crippen LogP contribution in [-0.4, -0.2) is 0 Å². The van der Waals surface area contributed by atoms with E-state index in [1.807, 2.05) is 0 Å². The Labute approximate surface area is 133 Å². The predicted octanol–water partition coefficient (Wildman–Crippen LogP) is -4.62. The molecule has 0 saturated heterocycles. The topological polar surface area (TPSA) is 0 Å². The van der Waals surface area contributed by atoms with Crippen LogP contribution in [0.3, 0.4) is 0 Å². The monoisotopic (exact) mass is 343 g/mol. The van der Waals surface area contributed by atoms with Crippen molar-refractivity contribution in [3.8, 4) is 0 Å². The third-order valence-electron chi connectivity index (χ3n) is 0. The van der Waals surface area contributed by atoms with Gasteiger partial charge in [-0.15, -0.1) is 0 Å². The van der Waals surface area contributed by atoms with Gasteiger partial charge in [0.15, 0.2) is 0 Å². The molecule has 0 aromatic carbocycles. The fourth-order valence-corrected chi connectivity index (χ4v) is 0. The molecule has 0 aliphatic carbocycles. The summed E-state index contributed by atoms with van der Waals surface area (Å²) in [5.41, 5.74) is 0. The molecule has 0 radical (unpaired) electrons. The second kappa shape index (κ2) is 15.8. The van der Waals surface area contributed by atoms with E-state index in [1.165, 1.54) is 0 Å². The van der Waals surface area contributed by atoms with E-state index in [4.69, 9.17) is 18.8 Å². The van der Waals surface area contributed by atoms with Crippen molar-refractivity contribution in [3.63, 3.8) is 0 Å². The van der Waals surface area contributed by atoms with E-state index in [-0.39, 0.29) is 103 Å². The summed E-state index contributed by atoms with van der Waals surface area (Å²) in [7, 11) is 9.75. The molecule has 0 fully saturated rings. The Morgan fingerprint density at radius 1 is 1.00 bits per heavy atom. The van der Waals surface area contributed by atoms with E-state index < -0.39 is 16.5 Å². The van der Waals surface area contributed by atoms with Crippen LogP contribution in [0.4, 0.5) is 0 Å². The fourth-order valence-electron chi connectivity index (χ4n) is 0. The zero-order chi connectivity index (χ0) is 2.71. The molecular formula is Cl2K2Pt. The molecule has 0 aromatic heterocycles. The maximum atomic E-state index is 4.88. The van der Waals surface area contributed by atoms with Crippen molar-refractivity contribution in [2.45, 2.75) is 0 Å². The van der Waals surface area contributed by atoms with Gasteiger partial charge in [-0.3, -0.25) is 0 Å². The minimum Gasteiger partial charge on any atom is 1.00 e. The molecule has 0 amide bonds. The first-order valence-corrected chi connectivity index (χ1v) is 5.87. The van der Waals surface area contributed by atoms with E-state index >= 15 is 0 Å². The van der Waals surface area contributed by atoms with E-state index in [1.54, 1.807) is 0 Å². The molecule has 0 unspecified atom stereocenters. The second-order valence-corrected chi connectivity index (χ2v) is 3.33. The van der Waals surface area contributed by atoms with Crippen molar-refractivity contribution in [1.29, 1.82) is 0 Å². The van der Waals surface area contributed by atoms with E-state index in [0.717, 1.165) is 0 Å². The molecular weight excluding hydrogens is 344 g/mol. The van der Waals surface area contributed by atoms with E-state index in [2.05, 4.69) is 0 Å². The van der Waals surface area contributed by atoms with E-state index in [9.17, 15) is 0 Å². The Kier molecular flexibility index (Phi) is 51.5. The van der Waals surface area contributed by atoms with Crippen molar-refractivity contribution in [1.82, 2.24) is 0 Å². The molecule has 5 heavy (non-hydrogen) atoms. The molecule has 0 saturated carbocycles. The van der Waals surface area contributed by atoms with Crippen molar-refractivity contribution >= 4 is 18.8 Å². The normalized spacial score (nSPS) is 4.40. The van der Waals surface area contributed by atoms with Crippen LogP contribution in [0.2, 0.25) is 0 Å². The van der Waals surface area contributed by atoms with Crippen LogP contribution in [0.5, 0.6) is 0 Å². The summed E-state index contributed by atoms with van der Waals surface area (Å²) in [5, 5.41) is 0. The number of hydrogen-bond donors (Lipinski definition) is 0. The van der Waals surface area contributed by atoms with Gasteiger partial charge in [-0.2, -0.15) is 0 Å². The van der Waals surface area contributed by atoms with Gasteiger partial charge in [0.1, 0.15) is 0 Å². The number of rotatable bonds is 0. The molecule has 0 aliphatic heterocycles. The first kappa shape index (κ1) is 16.3. The fraction of sp³-hybridized carbons (Fsp3) is 0. The summed E-state index contributed by atoms with van der Waals surface area (Å²) in [6.07, 6.45) is 0. The van der Waals surface area contributed by atoms with Gasteiger partial charge in [0.25, 0.3) is 0 Å². The van der Waals surface area contributed by atoms with Gasteiger partial charge >= 0.3 is 138 Å². The maximum absolute atomic E-state index is 4.88. The Morgan fingerprint density at radius 2 is 1.00 bits per heavy atom. The van der Waals surface area contributed by atoms with Crippen LogP contribution in [0, 0.1) is 0 Å². The predicted molar refractivity (Wildman–Crippen MR) is 11.7 cm³/mol. The van der Waals surface area contributed by atoms with Gasteiger partial charge in [-0.1, -0.05) is 0 Å². The molecule has 26 valence electrons. The number of hydrogen-bond acceptors (Lipinski definition) is 0. The summed E-state index contributed by atoms with van der Waals surface area (Å²) in [5.74, 6) is 0. The van der Waals surface area contributed by atoms with Crippen molar-refractivity contribution < 1.29 is 119 Å². The number of halogens is 2. The average Bonchev–Trinajstić information content (AvgIpc) is 0.918. The van der Waals surface area contributed by atoms with E-state index in [0.29, 0.717) is 0 Å². The van der Waals surface area contributed by atoms with Crippen LogP contribution >= 0.6 is 18.8 Å².